The number of nitrogens with zero attached hydrogens (tertiary/aromatic N) is 2. The molecule has 4 nitrogen and oxygen atoms in total. The fourth-order valence-corrected chi connectivity index (χ4v) is 2.14. The van der Waals surface area contributed by atoms with Gasteiger partial charge in [-0.3, -0.25) is 0 Å². The summed E-state index contributed by atoms with van der Waals surface area (Å²) >= 11 is 0. The maximum absolute atomic E-state index is 12.0. The van der Waals surface area contributed by atoms with E-state index in [1.807, 2.05) is 18.7 Å². The molecular weight excluding hydrogens is 192 g/mol. The Morgan fingerprint density at radius 1 is 1.40 bits per heavy atom. The summed E-state index contributed by atoms with van der Waals surface area (Å²) in [5.41, 5.74) is 0. The number of carbonyl (C=O) groups excluding carboxylic acids is 1. The van der Waals surface area contributed by atoms with Gasteiger partial charge in [-0.2, -0.15) is 0 Å². The summed E-state index contributed by atoms with van der Waals surface area (Å²) in [7, 11) is 0. The molecule has 0 aromatic carbocycles. The second-order valence-electron chi connectivity index (χ2n) is 4.76. The molecule has 1 saturated heterocycles. The number of aliphatic hydroxyl groups excluding tert-OH is 1. The van der Waals surface area contributed by atoms with Crippen LogP contribution in [-0.2, 0) is 0 Å². The van der Waals surface area contributed by atoms with E-state index in [0.717, 1.165) is 6.54 Å². The third kappa shape index (κ3) is 2.43. The molecule has 1 N–H and O–H groups in total. The third-order valence-corrected chi connectivity index (χ3v) is 2.95. The molecule has 0 aliphatic carbocycles. The van der Waals surface area contributed by atoms with Crippen molar-refractivity contribution >= 4 is 6.03 Å². The van der Waals surface area contributed by atoms with Crippen molar-refractivity contribution in [3.8, 4) is 0 Å². The summed E-state index contributed by atoms with van der Waals surface area (Å²) in [4.78, 5) is 15.7. The van der Waals surface area contributed by atoms with Crippen LogP contribution < -0.4 is 0 Å². The SMILES string of the molecule is CC(C)C1CN(CCO)C(=O)N1C(C)C. The Kier molecular flexibility index (Phi) is 3.97. The van der Waals surface area contributed by atoms with Crippen molar-refractivity contribution in [2.75, 3.05) is 19.7 Å². The van der Waals surface area contributed by atoms with Crippen molar-refractivity contribution in [2.45, 2.75) is 39.8 Å². The van der Waals surface area contributed by atoms with Gasteiger partial charge in [0.2, 0.25) is 0 Å². The molecule has 0 aromatic heterocycles. The van der Waals surface area contributed by atoms with E-state index in [1.165, 1.54) is 0 Å². The number of β-amino-alcohol motifs (C(OH)–C–C–N with tert-alkyl or cyclic N) is 1. The van der Waals surface area contributed by atoms with Crippen LogP contribution in [0.25, 0.3) is 0 Å². The second-order valence-corrected chi connectivity index (χ2v) is 4.76. The molecule has 0 spiro atoms. The highest BCUT2D eigenvalue weighted by atomic mass is 16.3. The van der Waals surface area contributed by atoms with E-state index in [-0.39, 0.29) is 24.7 Å². The maximum Gasteiger partial charge on any atom is 0.320 e. The molecule has 1 rings (SSSR count). The minimum Gasteiger partial charge on any atom is -0.395 e. The molecule has 0 bridgehead atoms. The van der Waals surface area contributed by atoms with Crippen molar-refractivity contribution in [1.82, 2.24) is 9.80 Å². The summed E-state index contributed by atoms with van der Waals surface area (Å²) < 4.78 is 0. The zero-order valence-electron chi connectivity index (χ0n) is 10.1. The molecule has 1 aliphatic heterocycles. The lowest BCUT2D eigenvalue weighted by Gasteiger charge is -2.29. The molecule has 1 unspecified atom stereocenters. The first-order chi connectivity index (χ1) is 6.99. The number of amides is 2. The summed E-state index contributed by atoms with van der Waals surface area (Å²) in [5.74, 6) is 0.458. The quantitative estimate of drug-likeness (QED) is 0.763. The average molecular weight is 214 g/mol. The zero-order chi connectivity index (χ0) is 11.6. The van der Waals surface area contributed by atoms with Crippen LogP contribution >= 0.6 is 0 Å². The standard InChI is InChI=1S/C11H22N2O2/c1-8(2)10-7-12(5-6-14)11(15)13(10)9(3)4/h8-10,14H,5-7H2,1-4H3. The van der Waals surface area contributed by atoms with Crippen LogP contribution in [0, 0.1) is 5.92 Å². The number of hydrogen-bond donors (Lipinski definition) is 1. The predicted molar refractivity (Wildman–Crippen MR) is 59.7 cm³/mol. The van der Waals surface area contributed by atoms with Crippen molar-refractivity contribution < 1.29 is 9.90 Å². The van der Waals surface area contributed by atoms with E-state index >= 15 is 0 Å². The van der Waals surface area contributed by atoms with E-state index in [2.05, 4.69) is 13.8 Å². The van der Waals surface area contributed by atoms with Gasteiger partial charge in [-0.15, -0.1) is 0 Å². The van der Waals surface area contributed by atoms with Crippen LogP contribution in [0.15, 0.2) is 0 Å². The topological polar surface area (TPSA) is 43.8 Å². The van der Waals surface area contributed by atoms with Crippen molar-refractivity contribution in [3.63, 3.8) is 0 Å². The first-order valence-corrected chi connectivity index (χ1v) is 5.67. The molecule has 0 aromatic rings. The number of rotatable bonds is 4. The van der Waals surface area contributed by atoms with Gasteiger partial charge in [0.1, 0.15) is 0 Å². The fourth-order valence-electron chi connectivity index (χ4n) is 2.14. The Morgan fingerprint density at radius 2 is 2.00 bits per heavy atom. The molecule has 4 heteroatoms. The molecule has 0 radical (unpaired) electrons. The molecule has 88 valence electrons. The zero-order valence-corrected chi connectivity index (χ0v) is 10.1. The Bertz CT molecular complexity index is 229. The van der Waals surface area contributed by atoms with E-state index in [9.17, 15) is 4.79 Å². The largest absolute Gasteiger partial charge is 0.395 e. The third-order valence-electron chi connectivity index (χ3n) is 2.95. The van der Waals surface area contributed by atoms with Crippen LogP contribution in [0.1, 0.15) is 27.7 Å². The van der Waals surface area contributed by atoms with Crippen LogP contribution in [-0.4, -0.2) is 52.7 Å². The second kappa shape index (κ2) is 4.84. The minimum absolute atomic E-state index is 0.0441. The summed E-state index contributed by atoms with van der Waals surface area (Å²) in [6, 6.07) is 0.579. The summed E-state index contributed by atoms with van der Waals surface area (Å²) in [6.07, 6.45) is 0. The van der Waals surface area contributed by atoms with E-state index in [1.54, 1.807) is 4.90 Å². The van der Waals surface area contributed by atoms with Gasteiger partial charge < -0.3 is 14.9 Å². The molecule has 0 saturated carbocycles. The van der Waals surface area contributed by atoms with Crippen LogP contribution in [0.5, 0.6) is 0 Å². The minimum atomic E-state index is 0.0441. The van der Waals surface area contributed by atoms with Gasteiger partial charge in [-0.1, -0.05) is 13.8 Å². The number of hydrogen-bond acceptors (Lipinski definition) is 2. The van der Waals surface area contributed by atoms with Crippen LogP contribution in [0.2, 0.25) is 0 Å². The Hall–Kier alpha value is -0.770. The monoisotopic (exact) mass is 214 g/mol. The highest BCUT2D eigenvalue weighted by Gasteiger charge is 2.39. The van der Waals surface area contributed by atoms with Crippen LogP contribution in [0.4, 0.5) is 4.79 Å². The molecular formula is C11H22N2O2. The van der Waals surface area contributed by atoms with Gasteiger partial charge in [0, 0.05) is 19.1 Å². The molecule has 2 amide bonds. The average Bonchev–Trinajstić information content (AvgIpc) is 2.44. The fraction of sp³-hybridized carbons (Fsp3) is 0.909. The van der Waals surface area contributed by atoms with E-state index < -0.39 is 0 Å². The normalized spacial score (nSPS) is 22.3. The highest BCUT2D eigenvalue weighted by Crippen LogP contribution is 2.23. The van der Waals surface area contributed by atoms with Gasteiger partial charge in [0.15, 0.2) is 0 Å². The molecule has 1 fully saturated rings. The van der Waals surface area contributed by atoms with E-state index in [4.69, 9.17) is 5.11 Å². The first-order valence-electron chi connectivity index (χ1n) is 5.67. The number of aliphatic hydroxyl groups is 1. The first kappa shape index (κ1) is 12.3. The van der Waals surface area contributed by atoms with Gasteiger partial charge in [-0.05, 0) is 19.8 Å². The van der Waals surface area contributed by atoms with Crippen molar-refractivity contribution in [2.24, 2.45) is 5.92 Å². The maximum atomic E-state index is 12.0. The molecule has 1 aliphatic rings. The number of carbonyl (C=O) groups is 1. The lowest BCUT2D eigenvalue weighted by molar-refractivity contribution is 0.158. The molecule has 1 atom stereocenters. The van der Waals surface area contributed by atoms with Gasteiger partial charge >= 0.3 is 6.03 Å². The van der Waals surface area contributed by atoms with Crippen molar-refractivity contribution in [1.29, 1.82) is 0 Å². The van der Waals surface area contributed by atoms with Crippen molar-refractivity contribution in [3.05, 3.63) is 0 Å². The van der Waals surface area contributed by atoms with Crippen LogP contribution in [0.3, 0.4) is 0 Å². The lowest BCUT2D eigenvalue weighted by atomic mass is 10.0. The number of urea groups is 1. The molecule has 15 heavy (non-hydrogen) atoms. The Balaban J connectivity index is 2.78. The van der Waals surface area contributed by atoms with Gasteiger partial charge in [-0.25, -0.2) is 4.79 Å². The van der Waals surface area contributed by atoms with E-state index in [0.29, 0.717) is 12.5 Å². The summed E-state index contributed by atoms with van der Waals surface area (Å²) in [5, 5.41) is 8.88. The lowest BCUT2D eigenvalue weighted by Crippen LogP contribution is -2.42. The van der Waals surface area contributed by atoms with Gasteiger partial charge in [0.05, 0.1) is 12.6 Å². The molecule has 1 heterocycles. The smallest absolute Gasteiger partial charge is 0.320 e. The Morgan fingerprint density at radius 3 is 2.33 bits per heavy atom. The Labute approximate surface area is 91.9 Å². The predicted octanol–water partition coefficient (Wildman–Crippen LogP) is 1.15. The summed E-state index contributed by atoms with van der Waals surface area (Å²) in [6.45, 7) is 9.58. The van der Waals surface area contributed by atoms with Gasteiger partial charge in [0.25, 0.3) is 0 Å². The highest BCUT2D eigenvalue weighted by molar-refractivity contribution is 5.77.